The molecule has 4 N–H and O–H groups in total. The van der Waals surface area contributed by atoms with Crippen LogP contribution in [0.3, 0.4) is 0 Å². The van der Waals surface area contributed by atoms with Crippen LogP contribution in [-0.2, 0) is 35.3 Å². The predicted octanol–water partition coefficient (Wildman–Crippen LogP) is 5.63. The van der Waals surface area contributed by atoms with Crippen LogP contribution >= 0.6 is 0 Å². The lowest BCUT2D eigenvalue weighted by Crippen LogP contribution is -2.82. The maximum absolute atomic E-state index is 13.2. The van der Waals surface area contributed by atoms with Crippen LogP contribution < -0.4 is 5.32 Å². The zero-order valence-electron chi connectivity index (χ0n) is 26.2. The van der Waals surface area contributed by atoms with Crippen LogP contribution in [0.1, 0.15) is 48.4 Å². The van der Waals surface area contributed by atoms with Crippen molar-refractivity contribution in [3.8, 4) is 0 Å². The Morgan fingerprint density at radius 1 is 0.622 bits per heavy atom. The Hall–Kier alpha value is -3.36. The second-order valence-electron chi connectivity index (χ2n) is 12.4. The van der Waals surface area contributed by atoms with E-state index in [2.05, 4.69) is 12.2 Å². The van der Waals surface area contributed by atoms with Gasteiger partial charge in [-0.1, -0.05) is 141 Å². The number of unbranched alkanes of at least 4 members (excludes halogenated alkanes) is 2. The molecule has 0 bridgehead atoms. The Labute approximate surface area is 267 Å². The van der Waals surface area contributed by atoms with Crippen molar-refractivity contribution >= 4 is 0 Å². The minimum atomic E-state index is -1.86. The molecule has 0 amide bonds. The highest BCUT2D eigenvalue weighted by Gasteiger charge is 2.68. The molecule has 5 atom stereocenters. The molecule has 6 nitrogen and oxygen atoms in total. The molecule has 1 heterocycles. The van der Waals surface area contributed by atoms with E-state index in [-0.39, 0.29) is 25.9 Å². The molecule has 1 unspecified atom stereocenters. The predicted molar refractivity (Wildman–Crippen MR) is 178 cm³/mol. The van der Waals surface area contributed by atoms with Crippen LogP contribution in [0.4, 0.5) is 0 Å². The Balaban J connectivity index is 1.60. The van der Waals surface area contributed by atoms with Crippen molar-refractivity contribution in [2.24, 2.45) is 0 Å². The largest absolute Gasteiger partial charge is 0.385 e. The highest BCUT2D eigenvalue weighted by atomic mass is 16.7. The van der Waals surface area contributed by atoms with Crippen molar-refractivity contribution in [3.63, 3.8) is 0 Å². The van der Waals surface area contributed by atoms with Crippen molar-refractivity contribution in [3.05, 3.63) is 144 Å². The van der Waals surface area contributed by atoms with Gasteiger partial charge in [-0.3, -0.25) is 0 Å². The summed E-state index contributed by atoms with van der Waals surface area (Å²) < 4.78 is 12.9. The van der Waals surface area contributed by atoms with Crippen molar-refractivity contribution in [2.75, 3.05) is 13.2 Å². The van der Waals surface area contributed by atoms with Gasteiger partial charge < -0.3 is 30.1 Å². The summed E-state index contributed by atoms with van der Waals surface area (Å²) in [6, 6.07) is 37.8. The Bertz CT molecular complexity index is 1420. The number of nitrogens with one attached hydrogen (secondary N) is 1. The van der Waals surface area contributed by atoms with Gasteiger partial charge in [-0.15, -0.1) is 0 Å². The molecule has 1 aliphatic heterocycles. The average molecular weight is 610 g/mol. The fourth-order valence-electron chi connectivity index (χ4n) is 6.66. The molecule has 45 heavy (non-hydrogen) atoms. The highest BCUT2D eigenvalue weighted by molar-refractivity contribution is 5.30. The normalized spacial score (nSPS) is 26.5. The molecular weight excluding hydrogens is 562 g/mol. The summed E-state index contributed by atoms with van der Waals surface area (Å²) in [5.41, 5.74) is -0.166. The molecule has 4 aromatic carbocycles. The van der Waals surface area contributed by atoms with Crippen LogP contribution in [0.15, 0.2) is 121 Å². The number of hydrogen-bond donors (Lipinski definition) is 4. The van der Waals surface area contributed by atoms with E-state index in [1.54, 1.807) is 0 Å². The Kier molecular flexibility index (Phi) is 11.2. The van der Waals surface area contributed by atoms with Gasteiger partial charge in [-0.2, -0.15) is 0 Å². The summed E-state index contributed by atoms with van der Waals surface area (Å²) in [5.74, 6) is -1.86. The summed E-state index contributed by atoms with van der Waals surface area (Å²) in [6.45, 7) is 2.95. The van der Waals surface area contributed by atoms with Crippen molar-refractivity contribution in [1.29, 1.82) is 0 Å². The minimum absolute atomic E-state index is 0.0328. The molecule has 1 aliphatic rings. The lowest BCUT2D eigenvalue weighted by Gasteiger charge is -2.60. The molecule has 0 spiro atoms. The first kappa shape index (κ1) is 33.0. The van der Waals surface area contributed by atoms with Gasteiger partial charge >= 0.3 is 0 Å². The van der Waals surface area contributed by atoms with Gasteiger partial charge in [0.1, 0.15) is 17.3 Å². The molecule has 0 aliphatic carbocycles. The minimum Gasteiger partial charge on any atom is -0.385 e. The van der Waals surface area contributed by atoms with Crippen LogP contribution in [0.5, 0.6) is 0 Å². The van der Waals surface area contributed by atoms with Gasteiger partial charge in [-0.05, 0) is 35.2 Å². The molecule has 0 aromatic heterocycles. The lowest BCUT2D eigenvalue weighted by molar-refractivity contribution is -0.376. The standard InChI is InChI=1S/C39H47NO5/c1-2-3-16-25-40-36-38(42,27-32-19-10-5-11-20-32)37(41,26-31-17-8-4-9-18-31)35(30-44-29-34-23-14-7-15-24-34)45-39(36,43)28-33-21-12-6-13-22-33/h4-15,17-24,35-36,40-43H,2-3,16,25-30H2,1H3/t35-,36-,37-,38-,39?/m1/s1. The molecular formula is C39H47NO5. The van der Waals surface area contributed by atoms with Crippen molar-refractivity contribution < 1.29 is 24.8 Å². The van der Waals surface area contributed by atoms with Crippen molar-refractivity contribution in [2.45, 2.75) is 81.2 Å². The third-order valence-corrected chi connectivity index (χ3v) is 9.00. The molecule has 4 aromatic rings. The van der Waals surface area contributed by atoms with Crippen molar-refractivity contribution in [1.82, 2.24) is 5.32 Å². The fourth-order valence-corrected chi connectivity index (χ4v) is 6.66. The van der Waals surface area contributed by atoms with Gasteiger partial charge in [-0.25, -0.2) is 0 Å². The number of ether oxygens (including phenoxy) is 2. The van der Waals surface area contributed by atoms with Gasteiger partial charge in [0.05, 0.1) is 19.3 Å². The van der Waals surface area contributed by atoms with Gasteiger partial charge in [0.25, 0.3) is 0 Å². The third kappa shape index (κ3) is 7.90. The second-order valence-corrected chi connectivity index (χ2v) is 12.4. The molecule has 5 rings (SSSR count). The first-order valence-electron chi connectivity index (χ1n) is 16.2. The number of rotatable bonds is 15. The van der Waals surface area contributed by atoms with E-state index < -0.39 is 29.1 Å². The average Bonchev–Trinajstić information content (AvgIpc) is 3.05. The van der Waals surface area contributed by atoms with E-state index >= 15 is 0 Å². The van der Waals surface area contributed by atoms with E-state index in [0.717, 1.165) is 41.5 Å². The van der Waals surface area contributed by atoms with E-state index in [1.807, 2.05) is 121 Å². The molecule has 6 heteroatoms. The second kappa shape index (κ2) is 15.3. The summed E-state index contributed by atoms with van der Waals surface area (Å²) in [5, 5.41) is 42.4. The number of hydrogen-bond acceptors (Lipinski definition) is 6. The van der Waals surface area contributed by atoms with Gasteiger partial charge in [0, 0.05) is 19.3 Å². The monoisotopic (exact) mass is 609 g/mol. The quantitative estimate of drug-likeness (QED) is 0.131. The zero-order chi connectivity index (χ0) is 31.6. The molecule has 238 valence electrons. The van der Waals surface area contributed by atoms with E-state index in [9.17, 15) is 15.3 Å². The lowest BCUT2D eigenvalue weighted by atomic mass is 9.63. The number of aliphatic hydroxyl groups is 3. The third-order valence-electron chi connectivity index (χ3n) is 9.00. The van der Waals surface area contributed by atoms with E-state index in [1.165, 1.54) is 0 Å². The van der Waals surface area contributed by atoms with Crippen LogP contribution in [0, 0.1) is 0 Å². The highest BCUT2D eigenvalue weighted by Crippen LogP contribution is 2.47. The molecule has 1 fully saturated rings. The van der Waals surface area contributed by atoms with Gasteiger partial charge in [0.15, 0.2) is 5.79 Å². The van der Waals surface area contributed by atoms with E-state index in [4.69, 9.17) is 9.47 Å². The molecule has 0 radical (unpaired) electrons. The smallest absolute Gasteiger partial charge is 0.188 e. The summed E-state index contributed by atoms with van der Waals surface area (Å²) >= 11 is 0. The summed E-state index contributed by atoms with van der Waals surface area (Å²) in [6.07, 6.45) is 2.15. The summed E-state index contributed by atoms with van der Waals surface area (Å²) in [7, 11) is 0. The molecule has 0 saturated carbocycles. The maximum Gasteiger partial charge on any atom is 0.188 e. The van der Waals surface area contributed by atoms with Crippen LogP contribution in [0.25, 0.3) is 0 Å². The van der Waals surface area contributed by atoms with E-state index in [0.29, 0.717) is 13.2 Å². The zero-order valence-corrected chi connectivity index (χ0v) is 26.2. The maximum atomic E-state index is 13.2. The molecule has 1 saturated heterocycles. The first-order chi connectivity index (χ1) is 21.9. The van der Waals surface area contributed by atoms with Crippen LogP contribution in [0.2, 0.25) is 0 Å². The Morgan fingerprint density at radius 3 is 1.60 bits per heavy atom. The fraction of sp³-hybridized carbons (Fsp3) is 0.385. The van der Waals surface area contributed by atoms with Gasteiger partial charge in [0.2, 0.25) is 0 Å². The van der Waals surface area contributed by atoms with Crippen LogP contribution in [-0.4, -0.2) is 57.6 Å². The summed E-state index contributed by atoms with van der Waals surface area (Å²) in [4.78, 5) is 0. The first-order valence-corrected chi connectivity index (χ1v) is 16.2. The number of benzene rings is 4. The Morgan fingerprint density at radius 2 is 1.09 bits per heavy atom. The topological polar surface area (TPSA) is 91.2 Å². The SMILES string of the molecule is CCCCCN[C@H]1C(O)(Cc2ccccc2)O[C@H](COCc2ccccc2)[C@](O)(Cc2ccccc2)[C@@]1(O)Cc1ccccc1.